The number of amides is 3. The van der Waals surface area contributed by atoms with Crippen LogP contribution in [-0.2, 0) is 4.74 Å². The van der Waals surface area contributed by atoms with Crippen LogP contribution in [0, 0.1) is 0 Å². The van der Waals surface area contributed by atoms with E-state index in [1.165, 1.54) is 0 Å². The van der Waals surface area contributed by atoms with Crippen LogP contribution in [0.4, 0.5) is 10.5 Å². The first kappa shape index (κ1) is 13.4. The van der Waals surface area contributed by atoms with Gasteiger partial charge >= 0.3 is 6.03 Å². The van der Waals surface area contributed by atoms with Gasteiger partial charge in [0.1, 0.15) is 0 Å². The third-order valence-electron chi connectivity index (χ3n) is 2.98. The molecule has 6 nitrogen and oxygen atoms in total. The molecule has 4 N–H and O–H groups in total. The Morgan fingerprint density at radius 2 is 1.79 bits per heavy atom. The molecule has 0 radical (unpaired) electrons. The average molecular weight is 263 g/mol. The number of rotatable bonds is 3. The zero-order valence-corrected chi connectivity index (χ0v) is 10.5. The monoisotopic (exact) mass is 263 g/mol. The van der Waals surface area contributed by atoms with Crippen LogP contribution in [0.3, 0.4) is 0 Å². The summed E-state index contributed by atoms with van der Waals surface area (Å²) in [5.74, 6) is -0.488. The summed E-state index contributed by atoms with van der Waals surface area (Å²) in [4.78, 5) is 22.7. The van der Waals surface area contributed by atoms with E-state index in [0.29, 0.717) is 24.5 Å². The van der Waals surface area contributed by atoms with Crippen molar-refractivity contribution < 1.29 is 14.3 Å². The third kappa shape index (κ3) is 3.96. The Bertz CT molecular complexity index is 453. The molecule has 0 unspecified atom stereocenters. The molecule has 1 heterocycles. The molecule has 1 saturated heterocycles. The van der Waals surface area contributed by atoms with Gasteiger partial charge in [0.05, 0.1) is 0 Å². The third-order valence-corrected chi connectivity index (χ3v) is 2.98. The fourth-order valence-electron chi connectivity index (χ4n) is 1.91. The lowest BCUT2D eigenvalue weighted by atomic mass is 10.1. The molecule has 19 heavy (non-hydrogen) atoms. The number of hydrogen-bond acceptors (Lipinski definition) is 3. The molecule has 0 saturated carbocycles. The topological polar surface area (TPSA) is 93.5 Å². The van der Waals surface area contributed by atoms with Gasteiger partial charge in [-0.1, -0.05) is 0 Å². The lowest BCUT2D eigenvalue weighted by Crippen LogP contribution is -2.41. The molecule has 3 amide bonds. The largest absolute Gasteiger partial charge is 0.381 e. The molecule has 0 aromatic heterocycles. The molecular weight excluding hydrogens is 246 g/mol. The first-order valence-electron chi connectivity index (χ1n) is 6.20. The van der Waals surface area contributed by atoms with Crippen LogP contribution in [0.5, 0.6) is 0 Å². The van der Waals surface area contributed by atoms with E-state index in [-0.39, 0.29) is 12.1 Å². The van der Waals surface area contributed by atoms with Gasteiger partial charge < -0.3 is 21.1 Å². The molecule has 1 aliphatic heterocycles. The molecule has 102 valence electrons. The summed E-state index contributed by atoms with van der Waals surface area (Å²) in [6.45, 7) is 1.36. The second-order valence-electron chi connectivity index (χ2n) is 4.43. The highest BCUT2D eigenvalue weighted by Gasteiger charge is 2.15. The smallest absolute Gasteiger partial charge is 0.319 e. The summed E-state index contributed by atoms with van der Waals surface area (Å²) in [6.07, 6.45) is 1.65. The first-order valence-corrected chi connectivity index (χ1v) is 6.20. The van der Waals surface area contributed by atoms with Crippen LogP contribution in [-0.4, -0.2) is 31.2 Å². The number of benzene rings is 1. The van der Waals surface area contributed by atoms with Crippen molar-refractivity contribution in [2.24, 2.45) is 5.73 Å². The molecule has 1 fully saturated rings. The van der Waals surface area contributed by atoms with Gasteiger partial charge in [-0.15, -0.1) is 0 Å². The van der Waals surface area contributed by atoms with Crippen molar-refractivity contribution in [3.8, 4) is 0 Å². The number of carbonyl (C=O) groups excluding carboxylic acids is 2. The van der Waals surface area contributed by atoms with Gasteiger partial charge in [0, 0.05) is 30.5 Å². The summed E-state index contributed by atoms with van der Waals surface area (Å²) < 4.78 is 5.22. The summed E-state index contributed by atoms with van der Waals surface area (Å²) in [7, 11) is 0. The number of hydrogen-bond donors (Lipinski definition) is 3. The van der Waals surface area contributed by atoms with E-state index in [0.717, 1.165) is 12.8 Å². The summed E-state index contributed by atoms with van der Waals surface area (Å²) >= 11 is 0. The molecular formula is C13H17N3O3. The van der Waals surface area contributed by atoms with E-state index >= 15 is 0 Å². The van der Waals surface area contributed by atoms with Crippen LogP contribution in [0.15, 0.2) is 24.3 Å². The Hall–Kier alpha value is -2.08. The Morgan fingerprint density at radius 3 is 2.37 bits per heavy atom. The van der Waals surface area contributed by atoms with E-state index in [9.17, 15) is 9.59 Å². The Balaban J connectivity index is 1.85. The van der Waals surface area contributed by atoms with Crippen LogP contribution in [0.2, 0.25) is 0 Å². The SMILES string of the molecule is NC(=O)c1ccc(NC(=O)NC2CCOCC2)cc1. The summed E-state index contributed by atoms with van der Waals surface area (Å²) in [6, 6.07) is 6.34. The maximum Gasteiger partial charge on any atom is 0.319 e. The lowest BCUT2D eigenvalue weighted by molar-refractivity contribution is 0.0806. The predicted octanol–water partition coefficient (Wildman–Crippen LogP) is 1.09. The van der Waals surface area contributed by atoms with Gasteiger partial charge in [-0.05, 0) is 37.1 Å². The van der Waals surface area contributed by atoms with Crippen LogP contribution in [0.25, 0.3) is 0 Å². The molecule has 1 aromatic carbocycles. The molecule has 6 heteroatoms. The van der Waals surface area contributed by atoms with Crippen LogP contribution < -0.4 is 16.4 Å². The molecule has 0 atom stereocenters. The maximum absolute atomic E-state index is 11.7. The van der Waals surface area contributed by atoms with Crippen molar-refractivity contribution >= 4 is 17.6 Å². The molecule has 0 bridgehead atoms. The van der Waals surface area contributed by atoms with Crippen LogP contribution >= 0.6 is 0 Å². The van der Waals surface area contributed by atoms with E-state index in [4.69, 9.17) is 10.5 Å². The zero-order valence-electron chi connectivity index (χ0n) is 10.5. The Labute approximate surface area is 111 Å². The lowest BCUT2D eigenvalue weighted by Gasteiger charge is -2.23. The van der Waals surface area contributed by atoms with Crippen molar-refractivity contribution in [1.82, 2.24) is 5.32 Å². The van der Waals surface area contributed by atoms with E-state index in [1.54, 1.807) is 24.3 Å². The van der Waals surface area contributed by atoms with Crippen molar-refractivity contribution in [2.75, 3.05) is 18.5 Å². The Morgan fingerprint density at radius 1 is 1.16 bits per heavy atom. The van der Waals surface area contributed by atoms with Crippen LogP contribution in [0.1, 0.15) is 23.2 Å². The number of nitrogens with one attached hydrogen (secondary N) is 2. The van der Waals surface area contributed by atoms with Crippen molar-refractivity contribution in [3.63, 3.8) is 0 Å². The normalized spacial score (nSPS) is 15.8. The van der Waals surface area contributed by atoms with Crippen molar-refractivity contribution in [3.05, 3.63) is 29.8 Å². The van der Waals surface area contributed by atoms with Gasteiger partial charge in [-0.3, -0.25) is 4.79 Å². The van der Waals surface area contributed by atoms with Gasteiger partial charge in [0.15, 0.2) is 0 Å². The quantitative estimate of drug-likeness (QED) is 0.762. The van der Waals surface area contributed by atoms with Crippen molar-refractivity contribution in [2.45, 2.75) is 18.9 Å². The number of primary amides is 1. The molecule has 1 aromatic rings. The number of nitrogens with two attached hydrogens (primary N) is 1. The van der Waals surface area contributed by atoms with E-state index < -0.39 is 5.91 Å². The predicted molar refractivity (Wildman–Crippen MR) is 71.0 cm³/mol. The standard InChI is InChI=1S/C13H17N3O3/c14-12(17)9-1-3-10(4-2-9)15-13(18)16-11-5-7-19-8-6-11/h1-4,11H,5-8H2,(H2,14,17)(H2,15,16,18). The summed E-state index contributed by atoms with van der Waals surface area (Å²) in [5, 5.41) is 5.60. The minimum Gasteiger partial charge on any atom is -0.381 e. The van der Waals surface area contributed by atoms with Gasteiger partial charge in [0.25, 0.3) is 0 Å². The van der Waals surface area contributed by atoms with Gasteiger partial charge in [-0.25, -0.2) is 4.79 Å². The van der Waals surface area contributed by atoms with E-state index in [1.807, 2.05) is 0 Å². The zero-order chi connectivity index (χ0) is 13.7. The van der Waals surface area contributed by atoms with Gasteiger partial charge in [-0.2, -0.15) is 0 Å². The fourth-order valence-corrected chi connectivity index (χ4v) is 1.91. The number of ether oxygens (including phenoxy) is 1. The molecule has 0 spiro atoms. The second kappa shape index (κ2) is 6.19. The maximum atomic E-state index is 11.7. The average Bonchev–Trinajstić information content (AvgIpc) is 2.40. The fraction of sp³-hybridized carbons (Fsp3) is 0.385. The molecule has 0 aliphatic carbocycles. The minimum absolute atomic E-state index is 0.152. The summed E-state index contributed by atoms with van der Waals surface area (Å²) in [5.41, 5.74) is 6.17. The molecule has 1 aliphatic rings. The van der Waals surface area contributed by atoms with E-state index in [2.05, 4.69) is 10.6 Å². The number of anilines is 1. The van der Waals surface area contributed by atoms with Crippen molar-refractivity contribution in [1.29, 1.82) is 0 Å². The highest BCUT2D eigenvalue weighted by molar-refractivity contribution is 5.94. The number of carbonyl (C=O) groups is 2. The number of urea groups is 1. The minimum atomic E-state index is -0.488. The highest BCUT2D eigenvalue weighted by atomic mass is 16.5. The first-order chi connectivity index (χ1) is 9.15. The second-order valence-corrected chi connectivity index (χ2v) is 4.43. The van der Waals surface area contributed by atoms with Gasteiger partial charge in [0.2, 0.25) is 5.91 Å². The Kier molecular flexibility index (Phi) is 4.35. The molecule has 2 rings (SSSR count). The highest BCUT2D eigenvalue weighted by Crippen LogP contribution is 2.10.